The van der Waals surface area contributed by atoms with E-state index in [9.17, 15) is 13.2 Å². The molecule has 0 aliphatic heterocycles. The molecule has 3 nitrogen and oxygen atoms in total. The fraction of sp³-hybridized carbons (Fsp3) is 0.417. The summed E-state index contributed by atoms with van der Waals surface area (Å²) >= 11 is 1.07. The molecule has 0 aliphatic carbocycles. The molecule has 7 heteroatoms. The van der Waals surface area contributed by atoms with Gasteiger partial charge in [-0.3, -0.25) is 0 Å². The maximum atomic E-state index is 12.8. The predicted molar refractivity (Wildman–Crippen MR) is 64.3 cm³/mol. The molecule has 19 heavy (non-hydrogen) atoms. The molecule has 1 rings (SSSR count). The number of rotatable bonds is 4. The van der Waals surface area contributed by atoms with Crippen LogP contribution >= 0.6 is 11.8 Å². The summed E-state index contributed by atoms with van der Waals surface area (Å²) in [5.41, 5.74) is -1.18. The molecule has 0 fully saturated rings. The van der Waals surface area contributed by atoms with Gasteiger partial charge in [-0.1, -0.05) is 0 Å². The highest BCUT2D eigenvalue weighted by Gasteiger charge is 2.35. The smallest absolute Gasteiger partial charge is 0.245 e. The quantitative estimate of drug-likeness (QED) is 0.625. The van der Waals surface area contributed by atoms with Crippen molar-refractivity contribution in [3.8, 4) is 12.1 Å². The Balaban J connectivity index is 3.08. The number of nitriles is 2. The minimum atomic E-state index is -4.57. The van der Waals surface area contributed by atoms with Crippen LogP contribution in [0, 0.1) is 29.6 Å². The molecule has 0 bridgehead atoms. The summed E-state index contributed by atoms with van der Waals surface area (Å²) < 4.78 is 38.4. The molecule has 0 saturated carbocycles. The molecule has 0 N–H and O–H groups in total. The Morgan fingerprint density at radius 3 is 2.58 bits per heavy atom. The van der Waals surface area contributed by atoms with Gasteiger partial charge in [0.25, 0.3) is 0 Å². The number of nitrogens with zero attached hydrogens (tertiary/aromatic N) is 3. The summed E-state index contributed by atoms with van der Waals surface area (Å²) in [6.45, 7) is 1.45. The van der Waals surface area contributed by atoms with Gasteiger partial charge in [-0.15, -0.1) is 11.8 Å². The number of unbranched alkanes of at least 4 members (excludes halogenated alkanes) is 1. The van der Waals surface area contributed by atoms with Crippen LogP contribution in [0.25, 0.3) is 0 Å². The highest BCUT2D eigenvalue weighted by atomic mass is 32.2. The lowest BCUT2D eigenvalue weighted by molar-refractivity contribution is -0.138. The monoisotopic (exact) mass is 285 g/mol. The van der Waals surface area contributed by atoms with Crippen molar-refractivity contribution in [2.75, 3.05) is 5.75 Å². The van der Waals surface area contributed by atoms with E-state index in [4.69, 9.17) is 10.5 Å². The van der Waals surface area contributed by atoms with E-state index in [-0.39, 0.29) is 10.7 Å². The summed E-state index contributed by atoms with van der Waals surface area (Å²) in [6.07, 6.45) is -3.70. The van der Waals surface area contributed by atoms with E-state index in [1.165, 1.54) is 6.92 Å². The summed E-state index contributed by atoms with van der Waals surface area (Å²) in [7, 11) is 0. The Hall–Kier alpha value is -1.73. The highest BCUT2D eigenvalue weighted by molar-refractivity contribution is 7.99. The summed E-state index contributed by atoms with van der Waals surface area (Å²) in [6, 6.07) is 4.39. The van der Waals surface area contributed by atoms with Gasteiger partial charge >= 0.3 is 6.18 Å². The molecule has 0 amide bonds. The van der Waals surface area contributed by atoms with E-state index >= 15 is 0 Å². The predicted octanol–water partition coefficient (Wildman–Crippen LogP) is 3.68. The van der Waals surface area contributed by atoms with Crippen molar-refractivity contribution in [1.29, 1.82) is 10.5 Å². The molecule has 0 atom stereocenters. The zero-order chi connectivity index (χ0) is 14.5. The fourth-order valence-electron chi connectivity index (χ4n) is 1.40. The van der Waals surface area contributed by atoms with E-state index in [1.54, 1.807) is 6.07 Å². The van der Waals surface area contributed by atoms with Gasteiger partial charge in [0, 0.05) is 17.9 Å². The standard InChI is InChI=1S/C12H10F3N3S/c1-8-6-10(12(13,14)15)9(7-17)11(18-8)19-5-3-2-4-16/h6H,2-3,5H2,1H3. The van der Waals surface area contributed by atoms with Crippen molar-refractivity contribution in [3.05, 3.63) is 22.9 Å². The highest BCUT2D eigenvalue weighted by Crippen LogP contribution is 2.35. The molecule has 0 aliphatic rings. The number of hydrogen-bond donors (Lipinski definition) is 0. The van der Waals surface area contributed by atoms with E-state index in [0.29, 0.717) is 18.6 Å². The van der Waals surface area contributed by atoms with Crippen LogP contribution in [0.4, 0.5) is 13.2 Å². The van der Waals surface area contributed by atoms with Gasteiger partial charge in [0.05, 0.1) is 17.2 Å². The van der Waals surface area contributed by atoms with E-state index in [2.05, 4.69) is 4.98 Å². The number of alkyl halides is 3. The third-order valence-corrected chi connectivity index (χ3v) is 3.26. The second-order valence-corrected chi connectivity index (χ2v) is 4.79. The number of aryl methyl sites for hydroxylation is 1. The molecule has 1 heterocycles. The van der Waals surface area contributed by atoms with Crippen molar-refractivity contribution in [3.63, 3.8) is 0 Å². The molecule has 100 valence electrons. The molecule has 0 radical (unpaired) electrons. The van der Waals surface area contributed by atoms with Crippen molar-refractivity contribution >= 4 is 11.8 Å². The topological polar surface area (TPSA) is 60.5 Å². The maximum Gasteiger partial charge on any atom is 0.417 e. The maximum absolute atomic E-state index is 12.8. The first-order chi connectivity index (χ1) is 8.90. The average Bonchev–Trinajstić information content (AvgIpc) is 2.33. The molecule has 0 saturated heterocycles. The Labute approximate surface area is 113 Å². The summed E-state index contributed by atoms with van der Waals surface area (Å²) in [5.74, 6) is 0.454. The lowest BCUT2D eigenvalue weighted by atomic mass is 10.1. The lowest BCUT2D eigenvalue weighted by Crippen LogP contribution is -2.10. The van der Waals surface area contributed by atoms with Crippen molar-refractivity contribution in [2.45, 2.75) is 31.0 Å². The zero-order valence-corrected chi connectivity index (χ0v) is 10.9. The van der Waals surface area contributed by atoms with E-state index in [1.807, 2.05) is 6.07 Å². The fourth-order valence-corrected chi connectivity index (χ4v) is 2.39. The number of thioether (sulfide) groups is 1. The third-order valence-electron chi connectivity index (χ3n) is 2.20. The minimum absolute atomic E-state index is 0.0766. The lowest BCUT2D eigenvalue weighted by Gasteiger charge is -2.12. The van der Waals surface area contributed by atoms with Crippen LogP contribution in [0.1, 0.15) is 29.7 Å². The van der Waals surface area contributed by atoms with Gasteiger partial charge in [0.2, 0.25) is 0 Å². The second kappa shape index (κ2) is 6.44. The second-order valence-electron chi connectivity index (χ2n) is 3.71. The molecular weight excluding hydrogens is 275 g/mol. The molecule has 1 aromatic heterocycles. The van der Waals surface area contributed by atoms with Crippen LogP contribution in [0.2, 0.25) is 0 Å². The summed E-state index contributed by atoms with van der Waals surface area (Å²) in [4.78, 5) is 3.97. The number of halogens is 3. The Morgan fingerprint density at radius 1 is 1.37 bits per heavy atom. The van der Waals surface area contributed by atoms with Gasteiger partial charge < -0.3 is 0 Å². The van der Waals surface area contributed by atoms with Crippen molar-refractivity contribution < 1.29 is 13.2 Å². The van der Waals surface area contributed by atoms with Crippen LogP contribution in [-0.4, -0.2) is 10.7 Å². The third kappa shape index (κ3) is 4.15. The van der Waals surface area contributed by atoms with Gasteiger partial charge in [-0.2, -0.15) is 23.7 Å². The molecule has 1 aromatic rings. The first-order valence-corrected chi connectivity index (χ1v) is 6.37. The van der Waals surface area contributed by atoms with Crippen LogP contribution in [0.5, 0.6) is 0 Å². The Bertz CT molecular complexity index is 541. The Morgan fingerprint density at radius 2 is 2.05 bits per heavy atom. The molecular formula is C12H10F3N3S. The first kappa shape index (κ1) is 15.3. The van der Waals surface area contributed by atoms with Crippen LogP contribution in [0.3, 0.4) is 0 Å². The number of hydrogen-bond acceptors (Lipinski definition) is 4. The average molecular weight is 285 g/mol. The molecule has 0 aromatic carbocycles. The number of aromatic nitrogens is 1. The SMILES string of the molecule is Cc1cc(C(F)(F)F)c(C#N)c(SCCCC#N)n1. The molecule has 0 spiro atoms. The van der Waals surface area contributed by atoms with Crippen LogP contribution in [-0.2, 0) is 6.18 Å². The van der Waals surface area contributed by atoms with Gasteiger partial charge in [-0.25, -0.2) is 4.98 Å². The van der Waals surface area contributed by atoms with E-state index < -0.39 is 17.3 Å². The number of pyridine rings is 1. The van der Waals surface area contributed by atoms with Gasteiger partial charge in [0.15, 0.2) is 0 Å². The van der Waals surface area contributed by atoms with Gasteiger partial charge in [-0.05, 0) is 19.4 Å². The summed E-state index contributed by atoms with van der Waals surface area (Å²) in [5, 5.41) is 17.4. The normalized spacial score (nSPS) is 10.8. The van der Waals surface area contributed by atoms with Gasteiger partial charge in [0.1, 0.15) is 11.1 Å². The minimum Gasteiger partial charge on any atom is -0.245 e. The van der Waals surface area contributed by atoms with E-state index in [0.717, 1.165) is 17.8 Å². The van der Waals surface area contributed by atoms with Crippen LogP contribution < -0.4 is 0 Å². The molecule has 0 unspecified atom stereocenters. The van der Waals surface area contributed by atoms with Crippen molar-refractivity contribution in [1.82, 2.24) is 4.98 Å². The van der Waals surface area contributed by atoms with Crippen molar-refractivity contribution in [2.24, 2.45) is 0 Å². The largest absolute Gasteiger partial charge is 0.417 e. The first-order valence-electron chi connectivity index (χ1n) is 5.39. The van der Waals surface area contributed by atoms with Crippen LogP contribution in [0.15, 0.2) is 11.1 Å². The zero-order valence-electron chi connectivity index (χ0n) is 10.1. The Kier molecular flexibility index (Phi) is 5.20.